The molecule has 0 bridgehead atoms. The van der Waals surface area contributed by atoms with Gasteiger partial charge in [0.2, 0.25) is 0 Å². The van der Waals surface area contributed by atoms with Gasteiger partial charge in [0.05, 0.1) is 30.0 Å². The molecule has 0 aliphatic carbocycles. The number of morpholine rings is 1. The molecule has 1 aliphatic rings. The summed E-state index contributed by atoms with van der Waals surface area (Å²) in [5, 5.41) is 2.13. The van der Waals surface area contributed by atoms with Gasteiger partial charge in [-0.15, -0.1) is 11.3 Å². The Hall–Kier alpha value is -0.450. The van der Waals surface area contributed by atoms with Gasteiger partial charge in [0.1, 0.15) is 0 Å². The van der Waals surface area contributed by atoms with Crippen LogP contribution in [0.3, 0.4) is 0 Å². The lowest BCUT2D eigenvalue weighted by Gasteiger charge is -2.39. The Morgan fingerprint density at radius 1 is 1.43 bits per heavy atom. The summed E-state index contributed by atoms with van der Waals surface area (Å²) in [6, 6.07) is 0. The number of aromatic nitrogens is 1. The maximum atomic E-state index is 5.35. The lowest BCUT2D eigenvalue weighted by molar-refractivity contribution is -0.0130. The highest BCUT2D eigenvalue weighted by atomic mass is 32.1. The second-order valence-electron chi connectivity index (χ2n) is 4.03. The number of nitrogens with zero attached hydrogens (tertiary/aromatic N) is 2. The Morgan fingerprint density at radius 2 is 2.14 bits per heavy atom. The summed E-state index contributed by atoms with van der Waals surface area (Å²) in [4.78, 5) is 6.84. The Bertz CT molecular complexity index is 278. The standard InChI is InChI=1S/C10H16N2OS/c1-10(2,9-7-14-8-11-9)12-3-5-13-6-4-12/h7-8H,3-6H2,1-2H3. The highest BCUT2D eigenvalue weighted by Gasteiger charge is 2.31. The molecule has 1 aliphatic heterocycles. The molecule has 0 amide bonds. The number of rotatable bonds is 2. The van der Waals surface area contributed by atoms with Gasteiger partial charge in [-0.3, -0.25) is 4.90 Å². The van der Waals surface area contributed by atoms with E-state index in [1.54, 1.807) is 11.3 Å². The first kappa shape index (κ1) is 10.1. The van der Waals surface area contributed by atoms with Crippen molar-refractivity contribution in [3.05, 3.63) is 16.6 Å². The van der Waals surface area contributed by atoms with Gasteiger partial charge >= 0.3 is 0 Å². The van der Waals surface area contributed by atoms with Gasteiger partial charge in [0.25, 0.3) is 0 Å². The topological polar surface area (TPSA) is 25.4 Å². The van der Waals surface area contributed by atoms with E-state index in [0.29, 0.717) is 0 Å². The zero-order valence-corrected chi connectivity index (χ0v) is 9.51. The molecule has 1 saturated heterocycles. The summed E-state index contributed by atoms with van der Waals surface area (Å²) in [6.07, 6.45) is 0. The summed E-state index contributed by atoms with van der Waals surface area (Å²) < 4.78 is 5.35. The van der Waals surface area contributed by atoms with Crippen molar-refractivity contribution >= 4 is 11.3 Å². The van der Waals surface area contributed by atoms with E-state index in [1.807, 2.05) is 5.51 Å². The lowest BCUT2D eigenvalue weighted by Crippen LogP contribution is -2.48. The van der Waals surface area contributed by atoms with Crippen molar-refractivity contribution < 1.29 is 4.74 Å². The van der Waals surface area contributed by atoms with Gasteiger partial charge in [0, 0.05) is 18.5 Å². The number of ether oxygens (including phenoxy) is 1. The highest BCUT2D eigenvalue weighted by molar-refractivity contribution is 7.07. The third kappa shape index (κ3) is 1.82. The van der Waals surface area contributed by atoms with Gasteiger partial charge in [0.15, 0.2) is 0 Å². The zero-order valence-electron chi connectivity index (χ0n) is 8.69. The second kappa shape index (κ2) is 3.96. The molecule has 0 radical (unpaired) electrons. The summed E-state index contributed by atoms with van der Waals surface area (Å²) >= 11 is 1.66. The molecule has 1 aromatic heterocycles. The van der Waals surface area contributed by atoms with E-state index in [0.717, 1.165) is 26.3 Å². The molecule has 3 nitrogen and oxygen atoms in total. The minimum atomic E-state index is 0.0454. The third-order valence-electron chi connectivity index (χ3n) is 2.86. The summed E-state index contributed by atoms with van der Waals surface area (Å²) in [7, 11) is 0. The fourth-order valence-corrected chi connectivity index (χ4v) is 2.51. The second-order valence-corrected chi connectivity index (χ2v) is 4.75. The van der Waals surface area contributed by atoms with E-state index >= 15 is 0 Å². The first-order valence-electron chi connectivity index (χ1n) is 4.93. The Morgan fingerprint density at radius 3 is 2.71 bits per heavy atom. The van der Waals surface area contributed by atoms with E-state index in [-0.39, 0.29) is 5.54 Å². The fraction of sp³-hybridized carbons (Fsp3) is 0.700. The molecule has 2 rings (SSSR count). The summed E-state index contributed by atoms with van der Waals surface area (Å²) in [5.74, 6) is 0. The van der Waals surface area contributed by atoms with Crippen LogP contribution in [0.5, 0.6) is 0 Å². The Kier molecular flexibility index (Phi) is 2.85. The molecule has 0 saturated carbocycles. The number of thiazole rings is 1. The van der Waals surface area contributed by atoms with Crippen molar-refractivity contribution in [3.8, 4) is 0 Å². The van der Waals surface area contributed by atoms with E-state index in [4.69, 9.17) is 4.74 Å². The van der Waals surface area contributed by atoms with Crippen LogP contribution in [0, 0.1) is 0 Å². The van der Waals surface area contributed by atoms with Crippen LogP contribution in [0.1, 0.15) is 19.5 Å². The minimum absolute atomic E-state index is 0.0454. The van der Waals surface area contributed by atoms with E-state index in [9.17, 15) is 0 Å². The maximum Gasteiger partial charge on any atom is 0.0795 e. The molecular weight excluding hydrogens is 196 g/mol. The van der Waals surface area contributed by atoms with Crippen molar-refractivity contribution in [2.75, 3.05) is 26.3 Å². The van der Waals surface area contributed by atoms with Gasteiger partial charge in [-0.2, -0.15) is 0 Å². The fourth-order valence-electron chi connectivity index (χ4n) is 1.80. The molecule has 2 heterocycles. The molecule has 1 aromatic rings. The first-order valence-corrected chi connectivity index (χ1v) is 5.87. The van der Waals surface area contributed by atoms with E-state index in [2.05, 4.69) is 29.1 Å². The quantitative estimate of drug-likeness (QED) is 0.746. The van der Waals surface area contributed by atoms with Crippen LogP contribution in [0.25, 0.3) is 0 Å². The summed E-state index contributed by atoms with van der Waals surface area (Å²) in [6.45, 7) is 8.15. The van der Waals surface area contributed by atoms with E-state index < -0.39 is 0 Å². The largest absolute Gasteiger partial charge is 0.379 e. The van der Waals surface area contributed by atoms with Crippen molar-refractivity contribution in [1.82, 2.24) is 9.88 Å². The molecule has 0 atom stereocenters. The van der Waals surface area contributed by atoms with Gasteiger partial charge in [-0.1, -0.05) is 0 Å². The highest BCUT2D eigenvalue weighted by Crippen LogP contribution is 2.27. The summed E-state index contributed by atoms with van der Waals surface area (Å²) in [5.41, 5.74) is 3.12. The molecule has 0 spiro atoms. The SMILES string of the molecule is CC(C)(c1cscn1)N1CCOCC1. The average Bonchev–Trinajstić information content (AvgIpc) is 2.72. The molecular formula is C10H16N2OS. The maximum absolute atomic E-state index is 5.35. The molecule has 0 unspecified atom stereocenters. The molecule has 14 heavy (non-hydrogen) atoms. The van der Waals surface area contributed by atoms with Crippen molar-refractivity contribution in [3.63, 3.8) is 0 Å². The first-order chi connectivity index (χ1) is 6.71. The van der Waals surface area contributed by atoms with Crippen molar-refractivity contribution in [1.29, 1.82) is 0 Å². The van der Waals surface area contributed by atoms with Crippen LogP contribution < -0.4 is 0 Å². The van der Waals surface area contributed by atoms with Gasteiger partial charge in [-0.25, -0.2) is 4.98 Å². The minimum Gasteiger partial charge on any atom is -0.379 e. The normalized spacial score (nSPS) is 19.9. The number of hydrogen-bond donors (Lipinski definition) is 0. The monoisotopic (exact) mass is 212 g/mol. The molecule has 4 heteroatoms. The van der Waals surface area contributed by atoms with Gasteiger partial charge in [-0.05, 0) is 13.8 Å². The Balaban J connectivity index is 2.14. The van der Waals surface area contributed by atoms with Crippen LogP contribution in [0.4, 0.5) is 0 Å². The van der Waals surface area contributed by atoms with Crippen LogP contribution in [0.2, 0.25) is 0 Å². The zero-order chi connectivity index (χ0) is 10.0. The van der Waals surface area contributed by atoms with Crippen molar-refractivity contribution in [2.45, 2.75) is 19.4 Å². The molecule has 0 N–H and O–H groups in total. The lowest BCUT2D eigenvalue weighted by atomic mass is 9.99. The van der Waals surface area contributed by atoms with Crippen LogP contribution in [0.15, 0.2) is 10.9 Å². The van der Waals surface area contributed by atoms with Gasteiger partial charge < -0.3 is 4.74 Å². The predicted molar refractivity (Wildman–Crippen MR) is 57.5 cm³/mol. The van der Waals surface area contributed by atoms with E-state index in [1.165, 1.54) is 5.69 Å². The molecule has 78 valence electrons. The third-order valence-corrected chi connectivity index (χ3v) is 3.45. The van der Waals surface area contributed by atoms with Crippen LogP contribution in [-0.4, -0.2) is 36.2 Å². The molecule has 0 aromatic carbocycles. The van der Waals surface area contributed by atoms with Crippen molar-refractivity contribution in [2.24, 2.45) is 0 Å². The number of hydrogen-bond acceptors (Lipinski definition) is 4. The van der Waals surface area contributed by atoms with Crippen LogP contribution in [-0.2, 0) is 10.3 Å². The smallest absolute Gasteiger partial charge is 0.0795 e. The predicted octanol–water partition coefficient (Wildman–Crippen LogP) is 1.71. The Labute approximate surface area is 88.7 Å². The average molecular weight is 212 g/mol. The molecule has 1 fully saturated rings. The van der Waals surface area contributed by atoms with Crippen LogP contribution >= 0.6 is 11.3 Å².